The minimum atomic E-state index is -0.179. The third-order valence-corrected chi connectivity index (χ3v) is 2.36. The molecule has 0 saturated heterocycles. The molecule has 1 aliphatic rings. The average molecular weight is 194 g/mol. The summed E-state index contributed by atoms with van der Waals surface area (Å²) in [5.74, 6) is 1.39. The summed E-state index contributed by atoms with van der Waals surface area (Å²) in [7, 11) is 1.54. The Hall–Kier alpha value is -1.38. The fraction of sp³-hybridized carbons (Fsp3) is 0.455. The highest BCUT2D eigenvalue weighted by atomic mass is 16.5. The van der Waals surface area contributed by atoms with Gasteiger partial charge in [0.15, 0.2) is 11.5 Å². The molecule has 0 fully saturated rings. The average Bonchev–Trinajstić information content (AvgIpc) is 2.36. The maximum absolute atomic E-state index is 9.54. The van der Waals surface area contributed by atoms with Crippen molar-refractivity contribution in [2.75, 3.05) is 7.11 Å². The molecule has 1 aromatic carbocycles. The lowest BCUT2D eigenvalue weighted by molar-refractivity contribution is 0.138. The number of rotatable bonds is 1. The molecule has 0 radical (unpaired) electrons. The number of phenolic OH excluding ortho intramolecular Hbond substituents is 1. The van der Waals surface area contributed by atoms with Crippen LogP contribution >= 0.6 is 0 Å². The van der Waals surface area contributed by atoms with Gasteiger partial charge in [-0.25, -0.2) is 0 Å². The molecule has 0 spiro atoms. The normalized spacial score (nSPS) is 17.4. The number of methoxy groups -OCH3 is 1. The maximum Gasteiger partial charge on any atom is 0.161 e. The van der Waals surface area contributed by atoms with Crippen LogP contribution in [0.1, 0.15) is 19.4 Å². The molecule has 1 N–H and O–H groups in total. The molecule has 0 amide bonds. The summed E-state index contributed by atoms with van der Waals surface area (Å²) < 4.78 is 10.7. The summed E-state index contributed by atoms with van der Waals surface area (Å²) in [6.07, 6.45) is 0.846. The summed E-state index contributed by atoms with van der Waals surface area (Å²) >= 11 is 0. The van der Waals surface area contributed by atoms with Crippen LogP contribution in [0.2, 0.25) is 0 Å². The van der Waals surface area contributed by atoms with Gasteiger partial charge in [-0.2, -0.15) is 0 Å². The van der Waals surface area contributed by atoms with Gasteiger partial charge in [0, 0.05) is 18.1 Å². The summed E-state index contributed by atoms with van der Waals surface area (Å²) in [5.41, 5.74) is 0.908. The highest BCUT2D eigenvalue weighted by molar-refractivity contribution is 5.52. The van der Waals surface area contributed by atoms with E-state index in [1.165, 1.54) is 0 Å². The van der Waals surface area contributed by atoms with Crippen molar-refractivity contribution in [3.63, 3.8) is 0 Å². The molecule has 1 aromatic rings. The molecule has 0 bridgehead atoms. The van der Waals surface area contributed by atoms with Crippen LogP contribution in [0.4, 0.5) is 0 Å². The quantitative estimate of drug-likeness (QED) is 0.744. The Morgan fingerprint density at radius 2 is 2.14 bits per heavy atom. The molecule has 0 unspecified atom stereocenters. The van der Waals surface area contributed by atoms with Gasteiger partial charge in [-0.15, -0.1) is 0 Å². The van der Waals surface area contributed by atoms with Crippen LogP contribution < -0.4 is 9.47 Å². The summed E-state index contributed by atoms with van der Waals surface area (Å²) in [6, 6.07) is 3.45. The Balaban J connectivity index is 2.44. The second kappa shape index (κ2) is 2.80. The SMILES string of the molecule is COc1cc2c(cc1O)OC(C)(C)C2. The van der Waals surface area contributed by atoms with Crippen LogP contribution in [-0.4, -0.2) is 17.8 Å². The van der Waals surface area contributed by atoms with Crippen LogP contribution in [0.15, 0.2) is 12.1 Å². The Bertz CT molecular complexity index is 369. The minimum Gasteiger partial charge on any atom is -0.504 e. The number of phenols is 1. The molecule has 14 heavy (non-hydrogen) atoms. The summed E-state index contributed by atoms with van der Waals surface area (Å²) in [4.78, 5) is 0. The lowest BCUT2D eigenvalue weighted by Crippen LogP contribution is -2.24. The number of hydrogen-bond acceptors (Lipinski definition) is 3. The Labute approximate surface area is 83.3 Å². The summed E-state index contributed by atoms with van der Waals surface area (Å²) in [5, 5.41) is 9.54. The zero-order valence-electron chi connectivity index (χ0n) is 8.63. The predicted molar refractivity (Wildman–Crippen MR) is 53.1 cm³/mol. The zero-order valence-corrected chi connectivity index (χ0v) is 8.63. The largest absolute Gasteiger partial charge is 0.504 e. The van der Waals surface area contributed by atoms with E-state index in [0.29, 0.717) is 5.75 Å². The third kappa shape index (κ3) is 1.39. The lowest BCUT2D eigenvalue weighted by atomic mass is 10.0. The zero-order chi connectivity index (χ0) is 10.3. The van der Waals surface area contributed by atoms with Crippen LogP contribution in [0.3, 0.4) is 0 Å². The molecule has 76 valence electrons. The topological polar surface area (TPSA) is 38.7 Å². The van der Waals surface area contributed by atoms with Gasteiger partial charge in [-0.1, -0.05) is 0 Å². The highest BCUT2D eigenvalue weighted by Gasteiger charge is 2.31. The standard InChI is InChI=1S/C11H14O3/c1-11(2)6-7-4-10(13-3)8(12)5-9(7)14-11/h4-5,12H,6H2,1-3H3. The monoisotopic (exact) mass is 194 g/mol. The fourth-order valence-electron chi connectivity index (χ4n) is 1.78. The number of benzene rings is 1. The molecular weight excluding hydrogens is 180 g/mol. The molecule has 2 rings (SSSR count). The first kappa shape index (κ1) is 9.19. The van der Waals surface area contributed by atoms with Crippen LogP contribution in [0, 0.1) is 0 Å². The van der Waals surface area contributed by atoms with E-state index in [1.807, 2.05) is 19.9 Å². The van der Waals surface area contributed by atoms with Gasteiger partial charge in [0.25, 0.3) is 0 Å². The van der Waals surface area contributed by atoms with Crippen molar-refractivity contribution < 1.29 is 14.6 Å². The van der Waals surface area contributed by atoms with Crippen molar-refractivity contribution in [3.05, 3.63) is 17.7 Å². The van der Waals surface area contributed by atoms with E-state index in [4.69, 9.17) is 9.47 Å². The molecule has 3 nitrogen and oxygen atoms in total. The van der Waals surface area contributed by atoms with E-state index in [2.05, 4.69) is 0 Å². The van der Waals surface area contributed by atoms with Crippen molar-refractivity contribution in [2.24, 2.45) is 0 Å². The van der Waals surface area contributed by atoms with Gasteiger partial charge in [0.1, 0.15) is 11.4 Å². The third-order valence-electron chi connectivity index (χ3n) is 2.36. The number of fused-ring (bicyclic) bond motifs is 1. The van der Waals surface area contributed by atoms with Gasteiger partial charge in [-0.3, -0.25) is 0 Å². The number of aromatic hydroxyl groups is 1. The predicted octanol–water partition coefficient (Wildman–Crippen LogP) is 2.11. The van der Waals surface area contributed by atoms with E-state index in [-0.39, 0.29) is 11.4 Å². The first-order valence-electron chi connectivity index (χ1n) is 4.61. The molecule has 0 saturated carbocycles. The van der Waals surface area contributed by atoms with Gasteiger partial charge < -0.3 is 14.6 Å². The van der Waals surface area contributed by atoms with E-state index >= 15 is 0 Å². The van der Waals surface area contributed by atoms with Crippen molar-refractivity contribution >= 4 is 0 Å². The molecular formula is C11H14O3. The van der Waals surface area contributed by atoms with Gasteiger partial charge in [0.2, 0.25) is 0 Å². The maximum atomic E-state index is 9.54. The lowest BCUT2D eigenvalue weighted by Gasteiger charge is -2.16. The molecule has 0 aliphatic carbocycles. The van der Waals surface area contributed by atoms with E-state index in [0.717, 1.165) is 17.7 Å². The summed E-state index contributed by atoms with van der Waals surface area (Å²) in [6.45, 7) is 4.05. The Kier molecular flexibility index (Phi) is 1.84. The second-order valence-electron chi connectivity index (χ2n) is 4.17. The Morgan fingerprint density at radius 3 is 2.79 bits per heavy atom. The molecule has 1 heterocycles. The first-order chi connectivity index (χ1) is 6.52. The van der Waals surface area contributed by atoms with Crippen molar-refractivity contribution in [2.45, 2.75) is 25.9 Å². The van der Waals surface area contributed by atoms with Crippen LogP contribution in [0.5, 0.6) is 17.2 Å². The molecule has 1 aliphatic heterocycles. The molecule has 0 aromatic heterocycles. The Morgan fingerprint density at radius 1 is 1.43 bits per heavy atom. The molecule has 3 heteroatoms. The van der Waals surface area contributed by atoms with E-state index in [1.54, 1.807) is 13.2 Å². The smallest absolute Gasteiger partial charge is 0.161 e. The number of hydrogen-bond donors (Lipinski definition) is 1. The minimum absolute atomic E-state index is 0.129. The number of ether oxygens (including phenoxy) is 2. The fourth-order valence-corrected chi connectivity index (χ4v) is 1.78. The molecule has 0 atom stereocenters. The van der Waals surface area contributed by atoms with Gasteiger partial charge in [-0.05, 0) is 19.9 Å². The van der Waals surface area contributed by atoms with Crippen LogP contribution in [-0.2, 0) is 6.42 Å². The van der Waals surface area contributed by atoms with Crippen LogP contribution in [0.25, 0.3) is 0 Å². The van der Waals surface area contributed by atoms with Gasteiger partial charge >= 0.3 is 0 Å². The van der Waals surface area contributed by atoms with Gasteiger partial charge in [0.05, 0.1) is 7.11 Å². The van der Waals surface area contributed by atoms with E-state index < -0.39 is 0 Å². The van der Waals surface area contributed by atoms with E-state index in [9.17, 15) is 5.11 Å². The van der Waals surface area contributed by atoms with Crippen molar-refractivity contribution in [1.29, 1.82) is 0 Å². The van der Waals surface area contributed by atoms with Crippen molar-refractivity contribution in [3.8, 4) is 17.2 Å². The van der Waals surface area contributed by atoms with Crippen molar-refractivity contribution in [1.82, 2.24) is 0 Å². The highest BCUT2D eigenvalue weighted by Crippen LogP contribution is 2.41. The second-order valence-corrected chi connectivity index (χ2v) is 4.17. The first-order valence-corrected chi connectivity index (χ1v) is 4.61.